The molecule has 0 amide bonds. The van der Waals surface area contributed by atoms with Gasteiger partial charge in [-0.1, -0.05) is 182 Å². The summed E-state index contributed by atoms with van der Waals surface area (Å²) in [6.07, 6.45) is 3.50. The van der Waals surface area contributed by atoms with E-state index in [9.17, 15) is 0 Å². The minimum Gasteiger partial charge on any atom is -0.455 e. The summed E-state index contributed by atoms with van der Waals surface area (Å²) in [6, 6.07) is 67.4. The molecule has 3 heteroatoms. The largest absolute Gasteiger partial charge is 0.455 e. The van der Waals surface area contributed by atoms with Gasteiger partial charge >= 0.3 is 0 Å². The summed E-state index contributed by atoms with van der Waals surface area (Å²) < 4.78 is 6.61. The molecule has 270 valence electrons. The smallest absolute Gasteiger partial charge is 0.145 e. The maximum Gasteiger partial charge on any atom is 0.145 e. The van der Waals surface area contributed by atoms with E-state index < -0.39 is 6.17 Å². The first kappa shape index (κ1) is 33.1. The van der Waals surface area contributed by atoms with Gasteiger partial charge in [-0.05, 0) is 79.5 Å². The van der Waals surface area contributed by atoms with Gasteiger partial charge in [-0.25, -0.2) is 0 Å². The lowest BCUT2D eigenvalue weighted by atomic mass is 9.87. The molecule has 1 aliphatic rings. The van der Waals surface area contributed by atoms with Gasteiger partial charge in [0.2, 0.25) is 0 Å². The number of para-hydroxylation sites is 2. The molecule has 9 aromatic carbocycles. The first-order chi connectivity index (χ1) is 28.3. The van der Waals surface area contributed by atoms with Crippen LogP contribution in [-0.4, -0.2) is 5.71 Å². The topological polar surface area (TPSA) is 37.5 Å². The molecular formula is C54H38N2O. The number of rotatable bonds is 5. The SMILES string of the molecule is C1=C(/c2cccc3c2oc2ccccc23)NC(c2ccccc2-c2cccc3ccccc23)/N=C(/c2c(-c3cccc4ccccc34)ccc3ccccc23)CC/1. The van der Waals surface area contributed by atoms with Crippen LogP contribution in [0.1, 0.15) is 35.7 Å². The Morgan fingerprint density at radius 3 is 1.75 bits per heavy atom. The lowest BCUT2D eigenvalue weighted by molar-refractivity contribution is 0.652. The van der Waals surface area contributed by atoms with Crippen LogP contribution < -0.4 is 5.32 Å². The van der Waals surface area contributed by atoms with E-state index in [-0.39, 0.29) is 0 Å². The highest BCUT2D eigenvalue weighted by atomic mass is 16.3. The Labute approximate surface area is 331 Å². The van der Waals surface area contributed by atoms with Gasteiger partial charge in [0, 0.05) is 38.9 Å². The molecule has 0 fully saturated rings. The number of nitrogens with one attached hydrogen (secondary N) is 1. The molecule has 1 aliphatic heterocycles. The number of nitrogens with zero attached hydrogens (tertiary/aromatic N) is 1. The molecule has 0 bridgehead atoms. The molecule has 57 heavy (non-hydrogen) atoms. The normalized spacial score (nSPS) is 16.5. The quantitative estimate of drug-likeness (QED) is 0.191. The minimum atomic E-state index is -0.416. The van der Waals surface area contributed by atoms with Crippen LogP contribution in [0.2, 0.25) is 0 Å². The molecule has 0 aliphatic carbocycles. The maximum atomic E-state index is 6.61. The molecule has 0 spiro atoms. The van der Waals surface area contributed by atoms with E-state index in [0.717, 1.165) is 62.9 Å². The Morgan fingerprint density at radius 2 is 0.982 bits per heavy atom. The molecule has 0 saturated carbocycles. The highest BCUT2D eigenvalue weighted by molar-refractivity contribution is 6.18. The van der Waals surface area contributed by atoms with E-state index in [1.54, 1.807) is 0 Å². The number of hydrogen-bond acceptors (Lipinski definition) is 3. The number of aliphatic imine (C=N–C) groups is 1. The average molecular weight is 731 g/mol. The molecular weight excluding hydrogens is 693 g/mol. The van der Waals surface area contributed by atoms with Gasteiger partial charge in [0.25, 0.3) is 0 Å². The molecule has 1 unspecified atom stereocenters. The second-order valence-electron chi connectivity index (χ2n) is 14.9. The number of allylic oxidation sites excluding steroid dienone is 1. The highest BCUT2D eigenvalue weighted by Gasteiger charge is 2.25. The summed E-state index contributed by atoms with van der Waals surface area (Å²) in [6.45, 7) is 0. The highest BCUT2D eigenvalue weighted by Crippen LogP contribution is 2.41. The van der Waals surface area contributed by atoms with E-state index in [1.807, 2.05) is 6.07 Å². The van der Waals surface area contributed by atoms with Gasteiger partial charge in [-0.15, -0.1) is 0 Å². The first-order valence-corrected chi connectivity index (χ1v) is 19.8. The fourth-order valence-corrected chi connectivity index (χ4v) is 9.00. The van der Waals surface area contributed by atoms with Crippen molar-refractivity contribution in [1.29, 1.82) is 0 Å². The van der Waals surface area contributed by atoms with Crippen LogP contribution >= 0.6 is 0 Å². The standard InChI is InChI=1S/C54H38N2O/c1-4-20-38-35(15-1)18-11-26-41(38)43-23-7-8-25-47(43)54-55-49(48-29-13-28-46-44-24-9-10-32-51(44)57-53(46)48)30-14-31-50(56-54)52-40-22-6-3-17-37(40)33-34-45(52)42-27-12-19-36-16-2-5-21-39(36)42/h1-13,15-30,32-34,54-55H,14,31H2/b49-30-,56-50+. The Bertz CT molecular complexity index is 3230. The van der Waals surface area contributed by atoms with Gasteiger partial charge in [0.15, 0.2) is 0 Å². The molecule has 1 aromatic heterocycles. The number of furan rings is 1. The van der Waals surface area contributed by atoms with Crippen LogP contribution in [0.4, 0.5) is 0 Å². The summed E-state index contributed by atoms with van der Waals surface area (Å²) in [4.78, 5) is 5.89. The molecule has 1 atom stereocenters. The van der Waals surface area contributed by atoms with Crippen molar-refractivity contribution in [2.24, 2.45) is 4.99 Å². The van der Waals surface area contributed by atoms with E-state index in [2.05, 4.69) is 193 Å². The molecule has 2 heterocycles. The number of hydrogen-bond donors (Lipinski definition) is 1. The van der Waals surface area contributed by atoms with Crippen molar-refractivity contribution in [3.05, 3.63) is 211 Å². The maximum absolute atomic E-state index is 6.61. The second-order valence-corrected chi connectivity index (χ2v) is 14.9. The van der Waals surface area contributed by atoms with Crippen molar-refractivity contribution in [2.75, 3.05) is 0 Å². The zero-order valence-corrected chi connectivity index (χ0v) is 31.3. The molecule has 0 radical (unpaired) electrons. The van der Waals surface area contributed by atoms with Crippen molar-refractivity contribution in [2.45, 2.75) is 19.0 Å². The van der Waals surface area contributed by atoms with Gasteiger partial charge in [0.1, 0.15) is 17.3 Å². The lowest BCUT2D eigenvalue weighted by Gasteiger charge is -2.26. The van der Waals surface area contributed by atoms with Gasteiger partial charge < -0.3 is 9.73 Å². The summed E-state index contributed by atoms with van der Waals surface area (Å²) in [5, 5.41) is 13.6. The fourth-order valence-electron chi connectivity index (χ4n) is 9.00. The Balaban J connectivity index is 1.15. The predicted molar refractivity (Wildman–Crippen MR) is 240 cm³/mol. The predicted octanol–water partition coefficient (Wildman–Crippen LogP) is 14.3. The summed E-state index contributed by atoms with van der Waals surface area (Å²) >= 11 is 0. The third kappa shape index (κ3) is 5.70. The molecule has 10 aromatic rings. The van der Waals surface area contributed by atoms with Crippen molar-refractivity contribution in [3.8, 4) is 22.3 Å². The van der Waals surface area contributed by atoms with E-state index in [1.165, 1.54) is 54.6 Å². The summed E-state index contributed by atoms with van der Waals surface area (Å²) in [5.74, 6) is 0. The van der Waals surface area contributed by atoms with Crippen molar-refractivity contribution < 1.29 is 4.42 Å². The number of benzene rings is 9. The van der Waals surface area contributed by atoms with E-state index in [4.69, 9.17) is 9.41 Å². The first-order valence-electron chi connectivity index (χ1n) is 19.8. The molecule has 11 rings (SSSR count). The Kier molecular flexibility index (Phi) is 8.03. The summed E-state index contributed by atoms with van der Waals surface area (Å²) in [7, 11) is 0. The minimum absolute atomic E-state index is 0.416. The van der Waals surface area contributed by atoms with Gasteiger partial charge in [-0.2, -0.15) is 0 Å². The molecule has 1 N–H and O–H groups in total. The monoisotopic (exact) mass is 730 g/mol. The van der Waals surface area contributed by atoms with Crippen LogP contribution in [-0.2, 0) is 0 Å². The van der Waals surface area contributed by atoms with Crippen LogP contribution in [0.3, 0.4) is 0 Å². The zero-order chi connectivity index (χ0) is 37.7. The van der Waals surface area contributed by atoms with Crippen LogP contribution in [0.25, 0.3) is 82.2 Å². The van der Waals surface area contributed by atoms with Crippen molar-refractivity contribution in [3.63, 3.8) is 0 Å². The molecule has 3 nitrogen and oxygen atoms in total. The van der Waals surface area contributed by atoms with Crippen molar-refractivity contribution in [1.82, 2.24) is 5.32 Å². The third-order valence-corrected chi connectivity index (χ3v) is 11.6. The van der Waals surface area contributed by atoms with Crippen LogP contribution in [0, 0.1) is 0 Å². The third-order valence-electron chi connectivity index (χ3n) is 11.6. The van der Waals surface area contributed by atoms with Gasteiger partial charge in [-0.3, -0.25) is 4.99 Å². The fraction of sp³-hybridized carbons (Fsp3) is 0.0556. The zero-order valence-electron chi connectivity index (χ0n) is 31.3. The van der Waals surface area contributed by atoms with E-state index in [0.29, 0.717) is 0 Å². The van der Waals surface area contributed by atoms with Crippen molar-refractivity contribution >= 4 is 65.7 Å². The average Bonchev–Trinajstić information content (AvgIpc) is 3.65. The second kappa shape index (κ2) is 13.8. The Morgan fingerprint density at radius 1 is 0.439 bits per heavy atom. The van der Waals surface area contributed by atoms with Crippen LogP contribution in [0.15, 0.2) is 204 Å². The summed E-state index contributed by atoms with van der Waals surface area (Å²) in [5.41, 5.74) is 12.0. The van der Waals surface area contributed by atoms with E-state index >= 15 is 0 Å². The van der Waals surface area contributed by atoms with Crippen LogP contribution in [0.5, 0.6) is 0 Å². The lowest BCUT2D eigenvalue weighted by Crippen LogP contribution is -2.23. The molecule has 0 saturated heterocycles. The van der Waals surface area contributed by atoms with Gasteiger partial charge in [0.05, 0.1) is 0 Å². The Hall–Kier alpha value is -7.23. The number of fused-ring (bicyclic) bond motifs is 6.